The molecule has 0 bridgehead atoms. The number of nitrogens with zero attached hydrogens (tertiary/aromatic N) is 2. The number of carbonyl (C=O) groups excluding carboxylic acids is 2. The molecule has 1 N–H and O–H groups in total. The molecular formula is C31H38BrN3O5S2. The minimum Gasteiger partial charge on any atom is -0.494 e. The highest BCUT2D eigenvalue weighted by atomic mass is 79.9. The number of hydrogen-bond donors (Lipinski definition) is 1. The van der Waals surface area contributed by atoms with Crippen LogP contribution in [0.5, 0.6) is 5.75 Å². The highest BCUT2D eigenvalue weighted by molar-refractivity contribution is 9.10. The number of halogens is 1. The van der Waals surface area contributed by atoms with Gasteiger partial charge in [0.15, 0.2) is 0 Å². The van der Waals surface area contributed by atoms with Crippen LogP contribution in [0.15, 0.2) is 87.1 Å². The molecule has 3 aromatic rings. The zero-order valence-electron chi connectivity index (χ0n) is 24.5. The maximum Gasteiger partial charge on any atom is 0.264 e. The average Bonchev–Trinajstić information content (AvgIpc) is 2.98. The molecule has 0 saturated carbocycles. The number of carbonyl (C=O) groups is 2. The van der Waals surface area contributed by atoms with Crippen molar-refractivity contribution in [3.8, 4) is 5.75 Å². The van der Waals surface area contributed by atoms with Gasteiger partial charge in [-0.05, 0) is 92.2 Å². The number of amides is 2. The van der Waals surface area contributed by atoms with Gasteiger partial charge in [0.1, 0.15) is 18.3 Å². The Balaban J connectivity index is 2.01. The Bertz CT molecular complexity index is 1430. The number of rotatable bonds is 14. The predicted octanol–water partition coefficient (Wildman–Crippen LogP) is 5.95. The molecule has 8 nitrogen and oxygen atoms in total. The van der Waals surface area contributed by atoms with Crippen molar-refractivity contribution in [1.82, 2.24) is 10.2 Å². The molecule has 0 aliphatic rings. The third kappa shape index (κ3) is 8.99. The molecule has 0 fully saturated rings. The Morgan fingerprint density at radius 1 is 0.952 bits per heavy atom. The van der Waals surface area contributed by atoms with Crippen molar-refractivity contribution in [2.75, 3.05) is 30.3 Å². The summed E-state index contributed by atoms with van der Waals surface area (Å²) in [4.78, 5) is 29.5. The monoisotopic (exact) mass is 675 g/mol. The lowest BCUT2D eigenvalue weighted by atomic mass is 10.1. The lowest BCUT2D eigenvalue weighted by molar-refractivity contribution is -0.139. The summed E-state index contributed by atoms with van der Waals surface area (Å²) in [6, 6.07) is 19.7. The molecule has 3 rings (SSSR count). The van der Waals surface area contributed by atoms with Crippen molar-refractivity contribution in [1.29, 1.82) is 0 Å². The minimum atomic E-state index is -4.15. The van der Waals surface area contributed by atoms with E-state index in [1.165, 1.54) is 28.8 Å². The van der Waals surface area contributed by atoms with Crippen LogP contribution in [0, 0.1) is 5.92 Å². The largest absolute Gasteiger partial charge is 0.494 e. The van der Waals surface area contributed by atoms with Crippen LogP contribution in [0.4, 0.5) is 5.69 Å². The number of thioether (sulfide) groups is 1. The van der Waals surface area contributed by atoms with E-state index >= 15 is 0 Å². The smallest absolute Gasteiger partial charge is 0.264 e. The highest BCUT2D eigenvalue weighted by Gasteiger charge is 2.32. The van der Waals surface area contributed by atoms with Crippen molar-refractivity contribution < 1.29 is 22.7 Å². The van der Waals surface area contributed by atoms with Crippen molar-refractivity contribution in [3.05, 3.63) is 82.8 Å². The Kier molecular flexibility index (Phi) is 12.3. The quantitative estimate of drug-likeness (QED) is 0.212. The van der Waals surface area contributed by atoms with Crippen LogP contribution in [0.3, 0.4) is 0 Å². The van der Waals surface area contributed by atoms with E-state index in [4.69, 9.17) is 4.74 Å². The molecule has 42 heavy (non-hydrogen) atoms. The maximum atomic E-state index is 14.0. The van der Waals surface area contributed by atoms with Crippen LogP contribution in [0.2, 0.25) is 0 Å². The van der Waals surface area contributed by atoms with Crippen molar-refractivity contribution in [2.24, 2.45) is 5.92 Å². The van der Waals surface area contributed by atoms with E-state index in [1.807, 2.05) is 51.3 Å². The Hall–Kier alpha value is -3.02. The first-order valence-corrected chi connectivity index (χ1v) is 17.1. The molecule has 11 heteroatoms. The van der Waals surface area contributed by atoms with Crippen LogP contribution in [-0.2, 0) is 26.2 Å². The van der Waals surface area contributed by atoms with Gasteiger partial charge >= 0.3 is 0 Å². The van der Waals surface area contributed by atoms with Gasteiger partial charge in [-0.3, -0.25) is 13.9 Å². The summed E-state index contributed by atoms with van der Waals surface area (Å²) >= 11 is 4.93. The summed E-state index contributed by atoms with van der Waals surface area (Å²) in [5.74, 6) is -0.00303. The molecular weight excluding hydrogens is 638 g/mol. The van der Waals surface area contributed by atoms with Crippen LogP contribution in [0.1, 0.15) is 33.3 Å². The first-order chi connectivity index (χ1) is 20.0. The van der Waals surface area contributed by atoms with Crippen molar-refractivity contribution in [3.63, 3.8) is 0 Å². The van der Waals surface area contributed by atoms with Gasteiger partial charge < -0.3 is 15.0 Å². The van der Waals surface area contributed by atoms with E-state index < -0.39 is 28.5 Å². The van der Waals surface area contributed by atoms with E-state index in [0.29, 0.717) is 24.6 Å². The van der Waals surface area contributed by atoms with Gasteiger partial charge in [0.05, 0.1) is 17.2 Å². The zero-order valence-corrected chi connectivity index (χ0v) is 27.8. The van der Waals surface area contributed by atoms with Crippen molar-refractivity contribution >= 4 is 55.2 Å². The fourth-order valence-corrected chi connectivity index (χ4v) is 6.19. The molecule has 0 spiro atoms. The third-order valence-electron chi connectivity index (χ3n) is 6.48. The summed E-state index contributed by atoms with van der Waals surface area (Å²) in [7, 11) is -4.15. The van der Waals surface area contributed by atoms with Crippen LogP contribution in [0.25, 0.3) is 0 Å². The number of benzene rings is 3. The van der Waals surface area contributed by atoms with Crippen LogP contribution < -0.4 is 14.4 Å². The fraction of sp³-hybridized carbons (Fsp3) is 0.355. The van der Waals surface area contributed by atoms with Gasteiger partial charge in [0.25, 0.3) is 10.0 Å². The first-order valence-electron chi connectivity index (χ1n) is 13.7. The SMILES string of the molecule is CCOc1ccc(N(CC(=O)N(Cc2ccc(Br)cc2)[C@@H](C)C(=O)NCC(C)C)S(=O)(=O)c2ccc(SC)cc2)cc1. The Morgan fingerprint density at radius 3 is 2.12 bits per heavy atom. The molecule has 3 aromatic carbocycles. The topological polar surface area (TPSA) is 96.0 Å². The van der Waals surface area contributed by atoms with Crippen LogP contribution >= 0.6 is 27.7 Å². The standard InChI is InChI=1S/C31H38BrN3O5S2/c1-6-40-27-13-11-26(12-14-27)35(42(38,39)29-17-15-28(41-5)16-18-29)21-30(36)34(20-24-7-9-25(32)10-8-24)23(4)31(37)33-19-22(2)3/h7-18,22-23H,6,19-21H2,1-5H3,(H,33,37)/t23-/m0/s1. The summed E-state index contributed by atoms with van der Waals surface area (Å²) in [5, 5.41) is 2.89. The van der Waals surface area contributed by atoms with Gasteiger partial charge in [-0.15, -0.1) is 11.8 Å². The number of sulfonamides is 1. The highest BCUT2D eigenvalue weighted by Crippen LogP contribution is 2.28. The second-order valence-corrected chi connectivity index (χ2v) is 13.7. The van der Waals surface area contributed by atoms with E-state index in [0.717, 1.165) is 19.2 Å². The summed E-state index contributed by atoms with van der Waals surface area (Å²) in [5.41, 5.74) is 1.11. The number of nitrogens with one attached hydrogen (secondary N) is 1. The fourth-order valence-electron chi connectivity index (χ4n) is 4.10. The van der Waals surface area contributed by atoms with E-state index in [9.17, 15) is 18.0 Å². The predicted molar refractivity (Wildman–Crippen MR) is 172 cm³/mol. The van der Waals surface area contributed by atoms with Gasteiger partial charge in [-0.25, -0.2) is 8.42 Å². The third-order valence-corrected chi connectivity index (χ3v) is 9.54. The number of hydrogen-bond acceptors (Lipinski definition) is 6. The lowest BCUT2D eigenvalue weighted by Gasteiger charge is -2.32. The Labute approximate surface area is 262 Å². The maximum absolute atomic E-state index is 14.0. The molecule has 0 aliphatic heterocycles. The van der Waals surface area contributed by atoms with E-state index in [-0.39, 0.29) is 23.3 Å². The molecule has 0 radical (unpaired) electrons. The Morgan fingerprint density at radius 2 is 1.57 bits per heavy atom. The molecule has 0 heterocycles. The van der Waals surface area contributed by atoms with E-state index in [1.54, 1.807) is 43.3 Å². The molecule has 0 unspecified atom stereocenters. The van der Waals surface area contributed by atoms with Gasteiger partial charge in [-0.2, -0.15) is 0 Å². The minimum absolute atomic E-state index is 0.0594. The first kappa shape index (κ1) is 33.5. The molecule has 0 aromatic heterocycles. The van der Waals surface area contributed by atoms with Crippen LogP contribution in [-0.4, -0.2) is 57.1 Å². The summed E-state index contributed by atoms with van der Waals surface area (Å²) in [6.45, 7) is 8.04. The van der Waals surface area contributed by atoms with Crippen molar-refractivity contribution in [2.45, 2.75) is 50.1 Å². The van der Waals surface area contributed by atoms with E-state index in [2.05, 4.69) is 21.2 Å². The molecule has 0 aliphatic carbocycles. The average molecular weight is 677 g/mol. The number of anilines is 1. The second-order valence-electron chi connectivity index (χ2n) is 10.1. The second kappa shape index (κ2) is 15.5. The molecule has 226 valence electrons. The lowest BCUT2D eigenvalue weighted by Crippen LogP contribution is -2.51. The zero-order chi connectivity index (χ0) is 30.9. The molecule has 1 atom stereocenters. The normalized spacial score (nSPS) is 12.1. The van der Waals surface area contributed by atoms with Gasteiger partial charge in [0.2, 0.25) is 11.8 Å². The van der Waals surface area contributed by atoms with Gasteiger partial charge in [0, 0.05) is 22.5 Å². The van der Waals surface area contributed by atoms with Gasteiger partial charge in [-0.1, -0.05) is 41.9 Å². The molecule has 0 saturated heterocycles. The summed E-state index contributed by atoms with van der Waals surface area (Å²) in [6.07, 6.45) is 1.91. The summed E-state index contributed by atoms with van der Waals surface area (Å²) < 4.78 is 35.5. The number of ether oxygens (including phenoxy) is 1. The molecule has 2 amide bonds.